The van der Waals surface area contributed by atoms with Crippen LogP contribution in [0, 0.1) is 0 Å². The molecular weight excluding hydrogens is 78.0 g/mol. The zero-order chi connectivity index (χ0) is 4.99. The zero-order valence-electron chi connectivity index (χ0n) is 4.06. The minimum Gasteiger partial charge on any atom is -0.566 e. The average Bonchev–Trinajstić information content (AvgIpc) is 1.35. The highest BCUT2D eigenvalue weighted by Crippen LogP contribution is 1.96. The van der Waals surface area contributed by atoms with E-state index in [0.717, 1.165) is 0 Å². The fourth-order valence-electron chi connectivity index (χ4n) is 0.156. The summed E-state index contributed by atoms with van der Waals surface area (Å²) in [6, 6.07) is 0. The monoisotopic (exact) mass is 86.1 g/mol. The smallest absolute Gasteiger partial charge is 0.0185 e. The second kappa shape index (κ2) is 2.72. The van der Waals surface area contributed by atoms with E-state index in [1.54, 1.807) is 6.92 Å². The van der Waals surface area contributed by atoms with Crippen LogP contribution in [0.5, 0.6) is 0 Å². The maximum atomic E-state index is 4.33. The van der Waals surface area contributed by atoms with Gasteiger partial charge in [0.15, 0.2) is 0 Å². The van der Waals surface area contributed by atoms with E-state index in [4.69, 9.17) is 0 Å². The summed E-state index contributed by atoms with van der Waals surface area (Å²) in [5, 5.41) is 0. The van der Waals surface area contributed by atoms with Gasteiger partial charge in [-0.3, -0.25) is 0 Å². The molecule has 0 amide bonds. The Morgan fingerprint density at radius 3 is 2.33 bits per heavy atom. The van der Waals surface area contributed by atoms with Gasteiger partial charge in [0.25, 0.3) is 0 Å². The normalized spacial score (nSPS) is 7.67. The first-order chi connectivity index (χ1) is 2.77. The number of nitrogens with zero attached hydrogens (tertiary/aromatic N) is 1. The Bertz CT molecular complexity index is 51.5. The molecule has 0 aromatic heterocycles. The van der Waals surface area contributed by atoms with Crippen LogP contribution in [-0.4, -0.2) is 7.11 Å². The second-order valence-corrected chi connectivity index (χ2v) is 1.01. The van der Waals surface area contributed by atoms with E-state index in [9.17, 15) is 0 Å². The van der Waals surface area contributed by atoms with Crippen LogP contribution in [0.3, 0.4) is 0 Å². The standard InChI is InChI=1S/C4H8NO/c1-4(2)5-6-3/h1H2,2-3H3/q-1. The van der Waals surface area contributed by atoms with Crippen LogP contribution >= 0.6 is 0 Å². The Balaban J connectivity index is 2.83. The molecule has 0 aromatic rings. The van der Waals surface area contributed by atoms with Crippen molar-refractivity contribution in [3.8, 4) is 0 Å². The third-order valence-electron chi connectivity index (χ3n) is 0.247. The lowest BCUT2D eigenvalue weighted by molar-refractivity contribution is 0.303. The molecule has 0 fully saturated rings. The quantitative estimate of drug-likeness (QED) is 0.466. The van der Waals surface area contributed by atoms with Crippen LogP contribution in [0.1, 0.15) is 6.92 Å². The van der Waals surface area contributed by atoms with Gasteiger partial charge in [0.05, 0.1) is 0 Å². The van der Waals surface area contributed by atoms with Crippen molar-refractivity contribution >= 4 is 0 Å². The lowest BCUT2D eigenvalue weighted by Gasteiger charge is -2.16. The van der Waals surface area contributed by atoms with Crippen LogP contribution in [0.25, 0.3) is 5.48 Å². The Labute approximate surface area is 37.8 Å². The van der Waals surface area contributed by atoms with E-state index in [2.05, 4.69) is 16.9 Å². The summed E-state index contributed by atoms with van der Waals surface area (Å²) in [7, 11) is 1.49. The highest BCUT2D eigenvalue weighted by atomic mass is 16.6. The van der Waals surface area contributed by atoms with Gasteiger partial charge in [0.2, 0.25) is 0 Å². The van der Waals surface area contributed by atoms with Gasteiger partial charge >= 0.3 is 0 Å². The SMILES string of the molecule is C=C(C)[N-]OC. The van der Waals surface area contributed by atoms with Gasteiger partial charge in [0.1, 0.15) is 0 Å². The van der Waals surface area contributed by atoms with E-state index in [0.29, 0.717) is 5.70 Å². The third-order valence-corrected chi connectivity index (χ3v) is 0.247. The van der Waals surface area contributed by atoms with Crippen molar-refractivity contribution in [2.45, 2.75) is 6.92 Å². The van der Waals surface area contributed by atoms with Gasteiger partial charge in [-0.05, 0) is 0 Å². The molecule has 0 aliphatic carbocycles. The molecule has 0 N–H and O–H groups in total. The Hall–Kier alpha value is -0.500. The summed E-state index contributed by atoms with van der Waals surface area (Å²) in [5.74, 6) is 0. The van der Waals surface area contributed by atoms with E-state index >= 15 is 0 Å². The first-order valence-electron chi connectivity index (χ1n) is 1.67. The van der Waals surface area contributed by atoms with Crippen molar-refractivity contribution in [3.63, 3.8) is 0 Å². The summed E-state index contributed by atoms with van der Waals surface area (Å²) in [6.07, 6.45) is 0. The van der Waals surface area contributed by atoms with Crippen LogP contribution in [0.4, 0.5) is 0 Å². The molecule has 36 valence electrons. The molecule has 2 heteroatoms. The minimum absolute atomic E-state index is 0.692. The number of hydrogen-bond acceptors (Lipinski definition) is 1. The molecule has 6 heavy (non-hydrogen) atoms. The highest BCUT2D eigenvalue weighted by molar-refractivity contribution is 5.00. The van der Waals surface area contributed by atoms with Crippen LogP contribution in [0.15, 0.2) is 12.3 Å². The Morgan fingerprint density at radius 2 is 2.33 bits per heavy atom. The molecule has 0 aromatic carbocycles. The van der Waals surface area contributed by atoms with Gasteiger partial charge in [-0.25, -0.2) is 0 Å². The van der Waals surface area contributed by atoms with Gasteiger partial charge in [-0.15, -0.1) is 6.58 Å². The van der Waals surface area contributed by atoms with E-state index in [1.807, 2.05) is 0 Å². The molecule has 2 nitrogen and oxygen atoms in total. The summed E-state index contributed by atoms with van der Waals surface area (Å²) >= 11 is 0. The minimum atomic E-state index is 0.692. The van der Waals surface area contributed by atoms with Crippen molar-refractivity contribution in [2.75, 3.05) is 7.11 Å². The predicted octanol–water partition coefficient (Wildman–Crippen LogP) is 1.46. The van der Waals surface area contributed by atoms with Gasteiger partial charge in [0, 0.05) is 7.11 Å². The Kier molecular flexibility index (Phi) is 2.50. The number of rotatable bonds is 2. The van der Waals surface area contributed by atoms with Crippen molar-refractivity contribution in [1.82, 2.24) is 0 Å². The van der Waals surface area contributed by atoms with E-state index < -0.39 is 0 Å². The second-order valence-electron chi connectivity index (χ2n) is 1.01. The molecule has 0 atom stereocenters. The summed E-state index contributed by atoms with van der Waals surface area (Å²) < 4.78 is 0. The first kappa shape index (κ1) is 5.50. The maximum Gasteiger partial charge on any atom is 0.0185 e. The molecule has 0 aliphatic rings. The predicted molar refractivity (Wildman–Crippen MR) is 25.2 cm³/mol. The third kappa shape index (κ3) is 3.50. The molecule has 0 radical (unpaired) electrons. The average molecular weight is 86.1 g/mol. The molecule has 0 saturated carbocycles. The van der Waals surface area contributed by atoms with Crippen molar-refractivity contribution < 1.29 is 4.84 Å². The van der Waals surface area contributed by atoms with Gasteiger partial charge in [-0.2, -0.15) is 5.70 Å². The van der Waals surface area contributed by atoms with Gasteiger partial charge < -0.3 is 10.3 Å². The van der Waals surface area contributed by atoms with Crippen LogP contribution in [0.2, 0.25) is 0 Å². The molecule has 0 saturated heterocycles. The lowest BCUT2D eigenvalue weighted by atomic mass is 10.6. The fourth-order valence-corrected chi connectivity index (χ4v) is 0.156. The Morgan fingerprint density at radius 1 is 1.83 bits per heavy atom. The summed E-state index contributed by atoms with van der Waals surface area (Å²) in [6.45, 7) is 5.22. The first-order valence-corrected chi connectivity index (χ1v) is 1.67. The van der Waals surface area contributed by atoms with Crippen LogP contribution < -0.4 is 0 Å². The molecule has 0 unspecified atom stereocenters. The van der Waals surface area contributed by atoms with Crippen molar-refractivity contribution in [1.29, 1.82) is 0 Å². The van der Waals surface area contributed by atoms with Gasteiger partial charge in [-0.1, -0.05) is 6.92 Å². The van der Waals surface area contributed by atoms with Crippen LogP contribution in [-0.2, 0) is 4.84 Å². The molecule has 0 heterocycles. The van der Waals surface area contributed by atoms with Crippen molar-refractivity contribution in [2.24, 2.45) is 0 Å². The number of allylic oxidation sites excluding steroid dienone is 1. The zero-order valence-corrected chi connectivity index (χ0v) is 4.06. The number of hydrogen-bond donors (Lipinski definition) is 0. The molecule has 0 aliphatic heterocycles. The van der Waals surface area contributed by atoms with Crippen molar-refractivity contribution in [3.05, 3.63) is 17.8 Å². The molecular formula is C4H8NO-. The topological polar surface area (TPSA) is 23.3 Å². The molecule has 0 spiro atoms. The maximum absolute atomic E-state index is 4.33. The molecule has 0 rings (SSSR count). The highest BCUT2D eigenvalue weighted by Gasteiger charge is 1.53. The number of hydroxylamine groups is 1. The van der Waals surface area contributed by atoms with E-state index in [-0.39, 0.29) is 0 Å². The van der Waals surface area contributed by atoms with E-state index in [1.165, 1.54) is 7.11 Å². The summed E-state index contributed by atoms with van der Waals surface area (Å²) in [4.78, 5) is 4.33. The fraction of sp³-hybridized carbons (Fsp3) is 0.500. The largest absolute Gasteiger partial charge is 0.566 e. The lowest BCUT2D eigenvalue weighted by Crippen LogP contribution is -1.70. The molecule has 0 bridgehead atoms. The summed E-state index contributed by atoms with van der Waals surface area (Å²) in [5.41, 5.74) is 4.12.